The quantitative estimate of drug-likeness (QED) is 0.253. The molecule has 7 nitrogen and oxygen atoms in total. The zero-order valence-corrected chi connectivity index (χ0v) is 24.4. The Morgan fingerprint density at radius 2 is 1.77 bits per heavy atom. The van der Waals surface area contributed by atoms with Crippen molar-refractivity contribution in [3.8, 4) is 0 Å². The first-order valence-electron chi connectivity index (χ1n) is 14.6. The van der Waals surface area contributed by atoms with Crippen LogP contribution in [0.1, 0.15) is 82.6 Å². The summed E-state index contributed by atoms with van der Waals surface area (Å²) in [5.74, 6) is 0.501. The van der Waals surface area contributed by atoms with E-state index in [4.69, 9.17) is 0 Å². The van der Waals surface area contributed by atoms with Crippen molar-refractivity contribution in [1.82, 2.24) is 10.6 Å². The highest BCUT2D eigenvalue weighted by atomic mass is 16.3. The van der Waals surface area contributed by atoms with Crippen LogP contribution in [0.3, 0.4) is 0 Å². The van der Waals surface area contributed by atoms with Gasteiger partial charge in [0.1, 0.15) is 0 Å². The van der Waals surface area contributed by atoms with Gasteiger partial charge in [-0.1, -0.05) is 57.0 Å². The van der Waals surface area contributed by atoms with Gasteiger partial charge in [-0.05, 0) is 69.7 Å². The summed E-state index contributed by atoms with van der Waals surface area (Å²) in [6, 6.07) is 15.4. The number of hydrogen-bond acceptors (Lipinski definition) is 5. The highest BCUT2D eigenvalue weighted by molar-refractivity contribution is 6.00. The number of hydrogen-bond donors (Lipinski definition) is 4. The Morgan fingerprint density at radius 1 is 1.03 bits per heavy atom. The largest absolute Gasteiger partial charge is 0.390 e. The van der Waals surface area contributed by atoms with Crippen LogP contribution in [-0.2, 0) is 11.2 Å². The van der Waals surface area contributed by atoms with E-state index >= 15 is 0 Å². The summed E-state index contributed by atoms with van der Waals surface area (Å²) in [5.41, 5.74) is 3.04. The third kappa shape index (κ3) is 9.97. The van der Waals surface area contributed by atoms with Gasteiger partial charge in [0, 0.05) is 48.5 Å². The molecular weight excluding hydrogens is 488 g/mol. The van der Waals surface area contributed by atoms with E-state index in [-0.39, 0.29) is 23.9 Å². The van der Waals surface area contributed by atoms with Gasteiger partial charge in [-0.2, -0.15) is 0 Å². The van der Waals surface area contributed by atoms with Gasteiger partial charge in [0.2, 0.25) is 5.91 Å². The molecule has 0 radical (unpaired) electrons. The monoisotopic (exact) mass is 536 g/mol. The first kappa shape index (κ1) is 30.6. The topological polar surface area (TPSA) is 93.7 Å². The molecule has 214 valence electrons. The SMILES string of the molecule is CC(C)CCCC(C)NCC(O)C(Cc1ccccc1)NC(=O)c1cc(NC(C)C)cc(N2CCCC2=O)c1. The van der Waals surface area contributed by atoms with Gasteiger partial charge in [-0.3, -0.25) is 9.59 Å². The van der Waals surface area contributed by atoms with Gasteiger partial charge in [0.25, 0.3) is 5.91 Å². The van der Waals surface area contributed by atoms with Crippen LogP contribution in [0.5, 0.6) is 0 Å². The summed E-state index contributed by atoms with van der Waals surface area (Å²) in [5, 5.41) is 21.2. The van der Waals surface area contributed by atoms with Crippen molar-refractivity contribution in [2.75, 3.05) is 23.3 Å². The van der Waals surface area contributed by atoms with Gasteiger partial charge in [0.15, 0.2) is 0 Å². The summed E-state index contributed by atoms with van der Waals surface area (Å²) in [6.07, 6.45) is 4.48. The lowest BCUT2D eigenvalue weighted by atomic mass is 9.99. The lowest BCUT2D eigenvalue weighted by molar-refractivity contribution is -0.117. The normalized spacial score (nSPS) is 16.0. The predicted molar refractivity (Wildman–Crippen MR) is 160 cm³/mol. The van der Waals surface area contributed by atoms with E-state index < -0.39 is 12.1 Å². The van der Waals surface area contributed by atoms with Crippen molar-refractivity contribution in [2.24, 2.45) is 5.92 Å². The molecule has 2 amide bonds. The maximum atomic E-state index is 13.6. The Bertz CT molecular complexity index is 1060. The molecular formula is C32H48N4O3. The molecule has 0 bridgehead atoms. The Hall–Kier alpha value is -2.90. The summed E-state index contributed by atoms with van der Waals surface area (Å²) in [7, 11) is 0. The fourth-order valence-corrected chi connectivity index (χ4v) is 5.04. The molecule has 0 aromatic heterocycles. The molecule has 0 saturated carbocycles. The minimum Gasteiger partial charge on any atom is -0.390 e. The minimum absolute atomic E-state index is 0.0778. The lowest BCUT2D eigenvalue weighted by Gasteiger charge is -2.27. The third-order valence-corrected chi connectivity index (χ3v) is 7.19. The molecule has 3 rings (SSSR count). The molecule has 3 unspecified atom stereocenters. The van der Waals surface area contributed by atoms with Crippen molar-refractivity contribution in [1.29, 1.82) is 0 Å². The Labute approximate surface area is 234 Å². The van der Waals surface area contributed by atoms with Crippen LogP contribution in [0.2, 0.25) is 0 Å². The second kappa shape index (κ2) is 15.0. The molecule has 39 heavy (non-hydrogen) atoms. The molecule has 3 atom stereocenters. The smallest absolute Gasteiger partial charge is 0.251 e. The average Bonchev–Trinajstić information content (AvgIpc) is 3.32. The lowest BCUT2D eigenvalue weighted by Crippen LogP contribution is -2.49. The summed E-state index contributed by atoms with van der Waals surface area (Å²) in [6.45, 7) is 11.7. The number of rotatable bonds is 15. The zero-order chi connectivity index (χ0) is 28.4. The summed E-state index contributed by atoms with van der Waals surface area (Å²) >= 11 is 0. The Morgan fingerprint density at radius 3 is 2.41 bits per heavy atom. The number of benzene rings is 2. The number of aliphatic hydroxyl groups excluding tert-OH is 1. The van der Waals surface area contributed by atoms with Crippen molar-refractivity contribution in [2.45, 2.75) is 97.4 Å². The van der Waals surface area contributed by atoms with Crippen LogP contribution >= 0.6 is 0 Å². The van der Waals surface area contributed by atoms with E-state index in [0.29, 0.717) is 37.4 Å². The molecule has 1 saturated heterocycles. The molecule has 1 heterocycles. The second-order valence-corrected chi connectivity index (χ2v) is 11.7. The van der Waals surface area contributed by atoms with Gasteiger partial charge < -0.3 is 26.0 Å². The van der Waals surface area contributed by atoms with Gasteiger partial charge >= 0.3 is 0 Å². The van der Waals surface area contributed by atoms with Crippen LogP contribution in [0.15, 0.2) is 48.5 Å². The molecule has 1 aliphatic heterocycles. The zero-order valence-electron chi connectivity index (χ0n) is 24.4. The average molecular weight is 537 g/mol. The van der Waals surface area contributed by atoms with Crippen molar-refractivity contribution in [3.63, 3.8) is 0 Å². The minimum atomic E-state index is -0.765. The van der Waals surface area contributed by atoms with Crippen molar-refractivity contribution < 1.29 is 14.7 Å². The van der Waals surface area contributed by atoms with E-state index in [1.54, 1.807) is 11.0 Å². The van der Waals surface area contributed by atoms with Crippen LogP contribution in [-0.4, -0.2) is 54.2 Å². The highest BCUT2D eigenvalue weighted by Gasteiger charge is 2.26. The molecule has 7 heteroatoms. The standard InChI is InChI=1S/C32H48N4O3/c1-22(2)11-9-12-24(5)33-21-30(37)29(17-25-13-7-6-8-14-25)35-32(39)26-18-27(34-23(3)4)20-28(19-26)36-16-10-15-31(36)38/h6-8,13-14,18-20,22-24,29-30,33-34,37H,9-12,15-17,21H2,1-5H3,(H,35,39). The fourth-order valence-electron chi connectivity index (χ4n) is 5.04. The number of carbonyl (C=O) groups excluding carboxylic acids is 2. The maximum absolute atomic E-state index is 13.6. The molecule has 0 spiro atoms. The number of amides is 2. The second-order valence-electron chi connectivity index (χ2n) is 11.7. The van der Waals surface area contributed by atoms with Crippen molar-refractivity contribution in [3.05, 3.63) is 59.7 Å². The van der Waals surface area contributed by atoms with Gasteiger partial charge in [-0.15, -0.1) is 0 Å². The molecule has 1 fully saturated rings. The van der Waals surface area contributed by atoms with Crippen LogP contribution in [0.25, 0.3) is 0 Å². The summed E-state index contributed by atoms with van der Waals surface area (Å²) < 4.78 is 0. The van der Waals surface area contributed by atoms with E-state index in [9.17, 15) is 14.7 Å². The van der Waals surface area contributed by atoms with Gasteiger partial charge in [0.05, 0.1) is 12.1 Å². The fraction of sp³-hybridized carbons (Fsp3) is 0.562. The van der Waals surface area contributed by atoms with Crippen molar-refractivity contribution >= 4 is 23.2 Å². The number of anilines is 2. The first-order chi connectivity index (χ1) is 18.6. The number of nitrogens with one attached hydrogen (secondary N) is 3. The molecule has 4 N–H and O–H groups in total. The number of aliphatic hydroxyl groups is 1. The molecule has 2 aromatic rings. The van der Waals surface area contributed by atoms with E-state index in [0.717, 1.165) is 36.2 Å². The van der Waals surface area contributed by atoms with Crippen LogP contribution in [0.4, 0.5) is 11.4 Å². The third-order valence-electron chi connectivity index (χ3n) is 7.19. The first-order valence-corrected chi connectivity index (χ1v) is 14.6. The maximum Gasteiger partial charge on any atom is 0.251 e. The highest BCUT2D eigenvalue weighted by Crippen LogP contribution is 2.27. The number of carbonyl (C=O) groups is 2. The molecule has 0 aliphatic carbocycles. The van der Waals surface area contributed by atoms with E-state index in [1.165, 1.54) is 6.42 Å². The Balaban J connectivity index is 1.76. The Kier molecular flexibility index (Phi) is 11.8. The van der Waals surface area contributed by atoms with Crippen LogP contribution in [0, 0.1) is 5.92 Å². The van der Waals surface area contributed by atoms with Gasteiger partial charge in [-0.25, -0.2) is 0 Å². The molecule has 2 aromatic carbocycles. The number of nitrogens with zero attached hydrogens (tertiary/aromatic N) is 1. The van der Waals surface area contributed by atoms with E-state index in [2.05, 4.69) is 36.7 Å². The summed E-state index contributed by atoms with van der Waals surface area (Å²) in [4.78, 5) is 27.8. The van der Waals surface area contributed by atoms with E-state index in [1.807, 2.05) is 56.3 Å². The molecule has 1 aliphatic rings. The van der Waals surface area contributed by atoms with Crippen LogP contribution < -0.4 is 20.9 Å². The predicted octanol–water partition coefficient (Wildman–Crippen LogP) is 5.14.